The number of anilines is 2. The first-order valence-electron chi connectivity index (χ1n) is 12.2. The molecule has 2 heterocycles. The lowest BCUT2D eigenvalue weighted by Gasteiger charge is -2.37. The third-order valence-corrected chi connectivity index (χ3v) is 6.89. The summed E-state index contributed by atoms with van der Waals surface area (Å²) >= 11 is 5.14. The van der Waals surface area contributed by atoms with Crippen molar-refractivity contribution in [2.45, 2.75) is 32.0 Å². The third kappa shape index (κ3) is 6.11. The number of amides is 2. The zero-order valence-electron chi connectivity index (χ0n) is 20.2. The summed E-state index contributed by atoms with van der Waals surface area (Å²) in [5, 5.41) is 13.4. The van der Waals surface area contributed by atoms with E-state index >= 15 is 4.39 Å². The quantitative estimate of drug-likeness (QED) is 0.524. The molecule has 0 aliphatic carbocycles. The second-order valence-corrected chi connectivity index (χ2v) is 9.42. The molecule has 36 heavy (non-hydrogen) atoms. The Bertz CT molecular complexity index is 1090. The van der Waals surface area contributed by atoms with Crippen LogP contribution in [0.15, 0.2) is 48.5 Å². The Morgan fingerprint density at radius 2 is 1.92 bits per heavy atom. The molecule has 2 N–H and O–H groups in total. The lowest BCUT2D eigenvalue weighted by molar-refractivity contribution is -0.140. The number of nitrogens with one attached hydrogen (secondary N) is 1. The van der Waals surface area contributed by atoms with Gasteiger partial charge >= 0.3 is 6.09 Å². The second kappa shape index (κ2) is 11.7. The van der Waals surface area contributed by atoms with Gasteiger partial charge in [-0.1, -0.05) is 49.5 Å². The molecule has 0 aromatic heterocycles. The van der Waals surface area contributed by atoms with E-state index in [4.69, 9.17) is 17.0 Å². The molecule has 0 bridgehead atoms. The molecule has 2 aliphatic heterocycles. The van der Waals surface area contributed by atoms with Crippen molar-refractivity contribution >= 4 is 40.6 Å². The van der Waals surface area contributed by atoms with Crippen LogP contribution in [0.1, 0.15) is 18.9 Å². The molecule has 2 aromatic carbocycles. The normalized spacial score (nSPS) is 18.7. The molecule has 0 saturated carbocycles. The van der Waals surface area contributed by atoms with Crippen LogP contribution in [-0.4, -0.2) is 78.5 Å². The number of ether oxygens (including phenoxy) is 1. The highest BCUT2D eigenvalue weighted by atomic mass is 32.1. The first-order chi connectivity index (χ1) is 17.4. The number of aliphatic hydroxyl groups is 1. The van der Waals surface area contributed by atoms with Gasteiger partial charge in [0.2, 0.25) is 0 Å². The molecule has 2 aromatic rings. The van der Waals surface area contributed by atoms with Crippen molar-refractivity contribution < 1.29 is 23.8 Å². The monoisotopic (exact) mass is 514 g/mol. The molecule has 0 unspecified atom stereocenters. The highest BCUT2D eigenvalue weighted by Gasteiger charge is 2.33. The number of benzene rings is 2. The molecule has 2 fully saturated rings. The van der Waals surface area contributed by atoms with Gasteiger partial charge < -0.3 is 25.0 Å². The van der Waals surface area contributed by atoms with Gasteiger partial charge in [0.1, 0.15) is 18.0 Å². The number of aliphatic hydroxyl groups excluding tert-OH is 1. The van der Waals surface area contributed by atoms with Crippen molar-refractivity contribution in [2.24, 2.45) is 0 Å². The summed E-state index contributed by atoms with van der Waals surface area (Å²) in [4.78, 5) is 30.6. The number of carbonyl (C=O) groups is 2. The zero-order chi connectivity index (χ0) is 25.7. The van der Waals surface area contributed by atoms with Crippen molar-refractivity contribution in [1.82, 2.24) is 10.2 Å². The fourth-order valence-electron chi connectivity index (χ4n) is 4.41. The summed E-state index contributed by atoms with van der Waals surface area (Å²) in [5.41, 5.74) is 1.74. The van der Waals surface area contributed by atoms with E-state index in [1.165, 1.54) is 11.0 Å². The fourth-order valence-corrected chi connectivity index (χ4v) is 4.50. The molecule has 8 nitrogen and oxygen atoms in total. The van der Waals surface area contributed by atoms with Crippen molar-refractivity contribution in [2.75, 3.05) is 49.1 Å². The number of cyclic esters (lactones) is 1. The number of nitrogens with zero attached hydrogens (tertiary/aromatic N) is 3. The second-order valence-electron chi connectivity index (χ2n) is 8.93. The van der Waals surface area contributed by atoms with Crippen LogP contribution in [-0.2, 0) is 16.0 Å². The Hall–Kier alpha value is -3.24. The van der Waals surface area contributed by atoms with Crippen LogP contribution >= 0.6 is 12.2 Å². The van der Waals surface area contributed by atoms with E-state index in [0.29, 0.717) is 62.1 Å². The van der Waals surface area contributed by atoms with Crippen LogP contribution in [0.5, 0.6) is 0 Å². The first kappa shape index (κ1) is 25.8. The summed E-state index contributed by atoms with van der Waals surface area (Å²) in [6.07, 6.45) is -1.02. The van der Waals surface area contributed by atoms with Crippen LogP contribution < -0.4 is 15.1 Å². The lowest BCUT2D eigenvalue weighted by Crippen LogP contribution is -2.52. The highest BCUT2D eigenvalue weighted by molar-refractivity contribution is 7.80. The summed E-state index contributed by atoms with van der Waals surface area (Å²) < 4.78 is 20.4. The Morgan fingerprint density at radius 3 is 2.58 bits per heavy atom. The number of thiocarbonyl (C=S) groups is 1. The highest BCUT2D eigenvalue weighted by Crippen LogP contribution is 2.28. The Balaban J connectivity index is 1.31. The van der Waals surface area contributed by atoms with Gasteiger partial charge in [0.25, 0.3) is 5.91 Å². The van der Waals surface area contributed by atoms with Crippen molar-refractivity contribution in [3.63, 3.8) is 0 Å². The summed E-state index contributed by atoms with van der Waals surface area (Å²) in [6, 6.07) is 14.1. The van der Waals surface area contributed by atoms with Gasteiger partial charge in [-0.15, -0.1) is 0 Å². The van der Waals surface area contributed by atoms with Crippen LogP contribution in [0.2, 0.25) is 0 Å². The van der Waals surface area contributed by atoms with E-state index < -0.39 is 18.0 Å². The molecular weight excluding hydrogens is 483 g/mol. The Morgan fingerprint density at radius 1 is 1.19 bits per heavy atom. The van der Waals surface area contributed by atoms with Gasteiger partial charge in [-0.25, -0.2) is 9.18 Å². The minimum Gasteiger partial charge on any atom is -0.442 e. The molecule has 0 spiro atoms. The van der Waals surface area contributed by atoms with Crippen LogP contribution in [0, 0.1) is 5.82 Å². The first-order valence-corrected chi connectivity index (χ1v) is 12.6. The van der Waals surface area contributed by atoms with E-state index in [9.17, 15) is 14.7 Å². The maximum atomic E-state index is 15.1. The minimum atomic E-state index is -1.10. The maximum absolute atomic E-state index is 15.1. The number of piperazine rings is 1. The van der Waals surface area contributed by atoms with Gasteiger partial charge in [-0.05, 0) is 30.2 Å². The van der Waals surface area contributed by atoms with Crippen molar-refractivity contribution in [1.29, 1.82) is 0 Å². The Kier molecular flexibility index (Phi) is 8.37. The number of hydrogen-bond donors (Lipinski definition) is 2. The predicted octanol–water partition coefficient (Wildman–Crippen LogP) is 2.73. The standard InChI is InChI=1S/C26H31FN4O4S/c1-2-24(36)28-16-20-17-31(26(34)35-20)19-8-9-22(21(27)15-19)29-10-12-30(13-11-29)25(33)23(32)14-18-6-4-3-5-7-18/h3-9,15,20,23,32H,2,10-14,16-17H2,1H3,(H,28,36)/t20-,23+/m0/s1. The van der Waals surface area contributed by atoms with Crippen molar-refractivity contribution in [3.05, 3.63) is 59.9 Å². The van der Waals surface area contributed by atoms with Crippen LogP contribution in [0.3, 0.4) is 0 Å². The topological polar surface area (TPSA) is 85.4 Å². The zero-order valence-corrected chi connectivity index (χ0v) is 21.0. The molecule has 0 radical (unpaired) electrons. The summed E-state index contributed by atoms with van der Waals surface area (Å²) in [6.45, 7) is 4.33. The van der Waals surface area contributed by atoms with Crippen LogP contribution in [0.4, 0.5) is 20.6 Å². The van der Waals surface area contributed by atoms with E-state index in [1.54, 1.807) is 17.0 Å². The number of carbonyl (C=O) groups excluding carboxylic acids is 2. The summed E-state index contributed by atoms with van der Waals surface area (Å²) in [7, 11) is 0. The third-order valence-electron chi connectivity index (χ3n) is 6.45. The van der Waals surface area contributed by atoms with Gasteiger partial charge in [-0.2, -0.15) is 0 Å². The number of hydrogen-bond acceptors (Lipinski definition) is 6. The molecule has 10 heteroatoms. The van der Waals surface area contributed by atoms with Crippen LogP contribution in [0.25, 0.3) is 0 Å². The molecule has 2 amide bonds. The largest absolute Gasteiger partial charge is 0.442 e. The maximum Gasteiger partial charge on any atom is 0.414 e. The SMILES string of the molecule is CCC(=S)NC[C@H]1CN(c2ccc(N3CCN(C(=O)[C@H](O)Cc4ccccc4)CC3)c(F)c2)C(=O)O1. The molecular formula is C26H31FN4O4S. The fraction of sp³-hybridized carbons (Fsp3) is 0.423. The molecule has 2 atom stereocenters. The van der Waals surface area contributed by atoms with Gasteiger partial charge in [-0.3, -0.25) is 9.69 Å². The Labute approximate surface area is 215 Å². The van der Waals surface area contributed by atoms with E-state index in [1.807, 2.05) is 42.2 Å². The molecule has 2 aliphatic rings. The average Bonchev–Trinajstić information content (AvgIpc) is 3.27. The van der Waals surface area contributed by atoms with E-state index in [-0.39, 0.29) is 18.4 Å². The molecule has 2 saturated heterocycles. The average molecular weight is 515 g/mol. The van der Waals surface area contributed by atoms with Gasteiger partial charge in [0.05, 0.1) is 29.5 Å². The van der Waals surface area contributed by atoms with E-state index in [2.05, 4.69) is 5.32 Å². The van der Waals surface area contributed by atoms with Crippen molar-refractivity contribution in [3.8, 4) is 0 Å². The lowest BCUT2D eigenvalue weighted by atomic mass is 10.1. The van der Waals surface area contributed by atoms with Gasteiger partial charge in [0.15, 0.2) is 0 Å². The smallest absolute Gasteiger partial charge is 0.414 e. The molecule has 192 valence electrons. The number of halogens is 1. The summed E-state index contributed by atoms with van der Waals surface area (Å²) in [5.74, 6) is -0.761. The minimum absolute atomic E-state index is 0.261. The predicted molar refractivity (Wildman–Crippen MR) is 140 cm³/mol. The van der Waals surface area contributed by atoms with E-state index in [0.717, 1.165) is 5.56 Å². The molecule has 4 rings (SSSR count). The number of rotatable bonds is 8. The van der Waals surface area contributed by atoms with Gasteiger partial charge in [0, 0.05) is 32.6 Å².